The number of benzene rings is 1. The highest BCUT2D eigenvalue weighted by Crippen LogP contribution is 2.27. The zero-order valence-electron chi connectivity index (χ0n) is 10.6. The number of aromatic amines is 1. The van der Waals surface area contributed by atoms with Gasteiger partial charge in [-0.2, -0.15) is 0 Å². The molecule has 0 unspecified atom stereocenters. The largest absolute Gasteiger partial charge is 0.350 e. The molecule has 7 heteroatoms. The summed E-state index contributed by atoms with van der Waals surface area (Å²) in [5.41, 5.74) is 2.81. The standard InChI is InChI=1S/C13H11N5O2/c1-8-15-10-3-2-9(6-12(10)16-8)17-11-4-5-14-7-13(11)18(19)20/h2-7H,1H3,(H,14,17)(H,15,16). The van der Waals surface area contributed by atoms with Gasteiger partial charge in [0.15, 0.2) is 0 Å². The van der Waals surface area contributed by atoms with Crippen LogP contribution in [0, 0.1) is 17.0 Å². The molecule has 1 aromatic carbocycles. The van der Waals surface area contributed by atoms with Crippen LogP contribution in [0.2, 0.25) is 0 Å². The Labute approximate surface area is 113 Å². The lowest BCUT2D eigenvalue weighted by atomic mass is 10.2. The third-order valence-corrected chi connectivity index (χ3v) is 2.88. The first-order chi connectivity index (χ1) is 9.63. The summed E-state index contributed by atoms with van der Waals surface area (Å²) in [4.78, 5) is 21.7. The molecule has 20 heavy (non-hydrogen) atoms. The van der Waals surface area contributed by atoms with Gasteiger partial charge in [-0.15, -0.1) is 0 Å². The van der Waals surface area contributed by atoms with Crippen molar-refractivity contribution in [2.45, 2.75) is 6.92 Å². The second-order valence-corrected chi connectivity index (χ2v) is 4.33. The van der Waals surface area contributed by atoms with Crippen LogP contribution in [-0.4, -0.2) is 19.9 Å². The third kappa shape index (κ3) is 2.16. The molecule has 0 atom stereocenters. The molecule has 0 aliphatic heterocycles. The lowest BCUT2D eigenvalue weighted by Crippen LogP contribution is -1.97. The number of rotatable bonds is 3. The Hall–Kier alpha value is -2.96. The number of fused-ring (bicyclic) bond motifs is 1. The van der Waals surface area contributed by atoms with Crippen molar-refractivity contribution in [3.63, 3.8) is 0 Å². The molecule has 3 aromatic rings. The molecular weight excluding hydrogens is 258 g/mol. The fourth-order valence-corrected chi connectivity index (χ4v) is 2.00. The summed E-state index contributed by atoms with van der Waals surface area (Å²) < 4.78 is 0. The van der Waals surface area contributed by atoms with Crippen molar-refractivity contribution in [3.05, 3.63) is 52.6 Å². The molecule has 0 saturated carbocycles. The van der Waals surface area contributed by atoms with E-state index < -0.39 is 4.92 Å². The van der Waals surface area contributed by atoms with Gasteiger partial charge < -0.3 is 10.3 Å². The number of pyridine rings is 1. The molecule has 0 fully saturated rings. The highest BCUT2D eigenvalue weighted by molar-refractivity contribution is 5.81. The van der Waals surface area contributed by atoms with Crippen molar-refractivity contribution < 1.29 is 4.92 Å². The number of hydrogen-bond acceptors (Lipinski definition) is 5. The minimum Gasteiger partial charge on any atom is -0.350 e. The van der Waals surface area contributed by atoms with E-state index in [1.54, 1.807) is 6.07 Å². The van der Waals surface area contributed by atoms with E-state index in [1.807, 2.05) is 25.1 Å². The van der Waals surface area contributed by atoms with Crippen LogP contribution in [0.4, 0.5) is 17.1 Å². The van der Waals surface area contributed by atoms with Crippen molar-refractivity contribution in [2.24, 2.45) is 0 Å². The maximum absolute atomic E-state index is 10.9. The normalized spacial score (nSPS) is 10.7. The Morgan fingerprint density at radius 3 is 3.00 bits per heavy atom. The first-order valence-electron chi connectivity index (χ1n) is 5.95. The Morgan fingerprint density at radius 1 is 1.35 bits per heavy atom. The number of imidazole rings is 1. The molecule has 2 heterocycles. The summed E-state index contributed by atoms with van der Waals surface area (Å²) >= 11 is 0. The minimum absolute atomic E-state index is 0.0641. The van der Waals surface area contributed by atoms with Gasteiger partial charge in [-0.3, -0.25) is 15.1 Å². The third-order valence-electron chi connectivity index (χ3n) is 2.88. The molecule has 0 spiro atoms. The number of nitrogens with zero attached hydrogens (tertiary/aromatic N) is 3. The molecule has 2 aromatic heterocycles. The van der Waals surface area contributed by atoms with E-state index >= 15 is 0 Å². The monoisotopic (exact) mass is 269 g/mol. The van der Waals surface area contributed by atoms with Crippen LogP contribution >= 0.6 is 0 Å². The SMILES string of the molecule is Cc1nc2cc(Nc3ccncc3[N+](=O)[O-])ccc2[nH]1. The summed E-state index contributed by atoms with van der Waals surface area (Å²) in [5.74, 6) is 0.826. The summed E-state index contributed by atoms with van der Waals surface area (Å²) in [5, 5.41) is 14.0. The summed E-state index contributed by atoms with van der Waals surface area (Å²) in [6.07, 6.45) is 2.73. The van der Waals surface area contributed by atoms with Crippen molar-refractivity contribution >= 4 is 28.1 Å². The van der Waals surface area contributed by atoms with Gasteiger partial charge >= 0.3 is 5.69 Å². The number of anilines is 2. The second-order valence-electron chi connectivity index (χ2n) is 4.33. The van der Waals surface area contributed by atoms with Gasteiger partial charge in [0, 0.05) is 11.9 Å². The molecule has 3 rings (SSSR count). The number of nitro groups is 1. The fourth-order valence-electron chi connectivity index (χ4n) is 2.00. The molecule has 0 bridgehead atoms. The first kappa shape index (κ1) is 12.1. The average molecular weight is 269 g/mol. The molecule has 0 amide bonds. The van der Waals surface area contributed by atoms with Crippen LogP contribution in [0.3, 0.4) is 0 Å². The van der Waals surface area contributed by atoms with E-state index in [-0.39, 0.29) is 5.69 Å². The Bertz CT molecular complexity index is 796. The maximum atomic E-state index is 10.9. The Kier molecular flexibility index (Phi) is 2.79. The Morgan fingerprint density at radius 2 is 2.20 bits per heavy atom. The van der Waals surface area contributed by atoms with Crippen molar-refractivity contribution in [1.82, 2.24) is 15.0 Å². The lowest BCUT2D eigenvalue weighted by molar-refractivity contribution is -0.384. The van der Waals surface area contributed by atoms with E-state index in [1.165, 1.54) is 12.4 Å². The van der Waals surface area contributed by atoms with Gasteiger partial charge in [0.2, 0.25) is 0 Å². The average Bonchev–Trinajstić information content (AvgIpc) is 2.78. The van der Waals surface area contributed by atoms with E-state index in [0.29, 0.717) is 5.69 Å². The number of aryl methyl sites for hydroxylation is 1. The summed E-state index contributed by atoms with van der Waals surface area (Å²) in [6.45, 7) is 1.88. The quantitative estimate of drug-likeness (QED) is 0.562. The van der Waals surface area contributed by atoms with Gasteiger partial charge in [-0.25, -0.2) is 4.98 Å². The fraction of sp³-hybridized carbons (Fsp3) is 0.0769. The van der Waals surface area contributed by atoms with Crippen molar-refractivity contribution in [1.29, 1.82) is 0 Å². The highest BCUT2D eigenvalue weighted by atomic mass is 16.6. The molecule has 100 valence electrons. The van der Waals surface area contributed by atoms with Crippen LogP contribution in [0.1, 0.15) is 5.82 Å². The van der Waals surface area contributed by atoms with Crippen molar-refractivity contribution in [2.75, 3.05) is 5.32 Å². The van der Waals surface area contributed by atoms with Gasteiger partial charge in [0.05, 0.1) is 16.0 Å². The molecule has 0 aliphatic carbocycles. The number of hydrogen-bond donors (Lipinski definition) is 2. The maximum Gasteiger partial charge on any atom is 0.310 e. The molecule has 0 radical (unpaired) electrons. The van der Waals surface area contributed by atoms with E-state index in [0.717, 1.165) is 22.5 Å². The van der Waals surface area contributed by atoms with E-state index in [9.17, 15) is 10.1 Å². The van der Waals surface area contributed by atoms with Gasteiger partial charge in [-0.1, -0.05) is 0 Å². The topological polar surface area (TPSA) is 96.7 Å². The van der Waals surface area contributed by atoms with Crippen LogP contribution < -0.4 is 5.32 Å². The van der Waals surface area contributed by atoms with Gasteiger partial charge in [0.1, 0.15) is 17.7 Å². The predicted molar refractivity (Wildman–Crippen MR) is 75.0 cm³/mol. The van der Waals surface area contributed by atoms with E-state index in [4.69, 9.17) is 0 Å². The molecular formula is C13H11N5O2. The molecule has 0 saturated heterocycles. The predicted octanol–water partition coefficient (Wildman–Crippen LogP) is 2.92. The first-order valence-corrected chi connectivity index (χ1v) is 5.95. The second kappa shape index (κ2) is 4.61. The molecule has 2 N–H and O–H groups in total. The summed E-state index contributed by atoms with van der Waals surface area (Å²) in [7, 11) is 0. The zero-order valence-corrected chi connectivity index (χ0v) is 10.6. The van der Waals surface area contributed by atoms with Gasteiger partial charge in [0.25, 0.3) is 0 Å². The van der Waals surface area contributed by atoms with Crippen molar-refractivity contribution in [3.8, 4) is 0 Å². The minimum atomic E-state index is -0.466. The molecule has 0 aliphatic rings. The smallest absolute Gasteiger partial charge is 0.310 e. The number of aromatic nitrogens is 3. The Balaban J connectivity index is 1.98. The highest BCUT2D eigenvalue weighted by Gasteiger charge is 2.13. The van der Waals surface area contributed by atoms with Crippen LogP contribution in [-0.2, 0) is 0 Å². The van der Waals surface area contributed by atoms with Crippen LogP contribution in [0.5, 0.6) is 0 Å². The van der Waals surface area contributed by atoms with Gasteiger partial charge in [-0.05, 0) is 31.2 Å². The summed E-state index contributed by atoms with van der Waals surface area (Å²) in [6, 6.07) is 7.12. The van der Waals surface area contributed by atoms with Crippen LogP contribution in [0.25, 0.3) is 11.0 Å². The number of H-pyrrole nitrogens is 1. The molecule has 7 nitrogen and oxygen atoms in total. The van der Waals surface area contributed by atoms with E-state index in [2.05, 4.69) is 20.3 Å². The number of nitrogens with one attached hydrogen (secondary N) is 2. The zero-order chi connectivity index (χ0) is 14.1. The van der Waals surface area contributed by atoms with Crippen LogP contribution in [0.15, 0.2) is 36.7 Å². The lowest BCUT2D eigenvalue weighted by Gasteiger charge is -2.06.